The Morgan fingerprint density at radius 3 is 1.43 bits per heavy atom. The van der Waals surface area contributed by atoms with E-state index >= 15 is 0 Å². The summed E-state index contributed by atoms with van der Waals surface area (Å²) in [6.07, 6.45) is -1.83. The van der Waals surface area contributed by atoms with E-state index in [1.54, 1.807) is 0 Å². The maximum absolute atomic E-state index is 8.56. The molecule has 0 aliphatic rings. The molecule has 0 aromatic rings. The smallest absolute Gasteiger partial charge is 1.00 e. The number of carboxylic acid groups (broad SMARTS) is 2. The molecule has 6 heteroatoms. The molecule has 0 saturated carbocycles. The molecule has 0 fully saturated rings. The first-order chi connectivity index (χ1) is 1.73. The third-order valence-corrected chi connectivity index (χ3v) is 0. The van der Waals surface area contributed by atoms with Crippen molar-refractivity contribution >= 4 is 29.2 Å². The van der Waals surface area contributed by atoms with Crippen molar-refractivity contribution < 1.29 is 52.0 Å². The van der Waals surface area contributed by atoms with Gasteiger partial charge in [0, 0.05) is 34.1 Å². The van der Waals surface area contributed by atoms with Crippen LogP contribution in [0.2, 0.25) is 0 Å². The quantitative estimate of drug-likeness (QED) is 0.542. The van der Waals surface area contributed by atoms with Crippen molar-refractivity contribution in [2.24, 2.45) is 0 Å². The fourth-order valence-corrected chi connectivity index (χ4v) is 0. The van der Waals surface area contributed by atoms with Gasteiger partial charge in [0.2, 0.25) is 0 Å². The largest absolute Gasteiger partial charge is 2.00 e. The van der Waals surface area contributed by atoms with E-state index in [1.807, 2.05) is 0 Å². The molecular weight excluding hydrogens is 195 g/mol. The fraction of sp³-hybridized carbons (Fsp3) is 0. The summed E-state index contributed by atoms with van der Waals surface area (Å²) < 4.78 is 0. The van der Waals surface area contributed by atoms with Crippen LogP contribution in [0, 0.1) is 0 Å². The average molecular weight is 199 g/mol. The molecule has 0 amide bonds. The fourth-order valence-electron chi connectivity index (χ4n) is 0. The molecule has 0 aliphatic heterocycles. The first-order valence-electron chi connectivity index (χ1n) is 0.651. The molecule has 1 radical (unpaired) electrons. The Labute approximate surface area is 80.9 Å². The normalized spacial score (nSPS) is 3.43. The van der Waals surface area contributed by atoms with Crippen molar-refractivity contribution in [2.45, 2.75) is 0 Å². The van der Waals surface area contributed by atoms with E-state index in [-0.39, 0.29) is 60.0 Å². The van der Waals surface area contributed by atoms with Gasteiger partial charge in [0.25, 0.3) is 0 Å². The Hall–Kier alpha value is 1.08. The molecule has 0 unspecified atom stereocenters. The summed E-state index contributed by atoms with van der Waals surface area (Å²) in [5, 5.41) is 13.9. The second-order valence-electron chi connectivity index (χ2n) is 0.283. The van der Waals surface area contributed by atoms with E-state index in [4.69, 9.17) is 15.0 Å². The second-order valence-corrected chi connectivity index (χ2v) is 0.283. The number of hydrogen-bond donors (Lipinski definition) is 2. The van der Waals surface area contributed by atoms with Crippen molar-refractivity contribution in [3.63, 3.8) is 0 Å². The van der Waals surface area contributed by atoms with E-state index in [9.17, 15) is 0 Å². The third kappa shape index (κ3) is 158. The number of rotatable bonds is 0. The Balaban J connectivity index is -0.00000000450. The summed E-state index contributed by atoms with van der Waals surface area (Å²) >= 11 is 0. The molecule has 0 heterocycles. The molecule has 0 aliphatic carbocycles. The van der Waals surface area contributed by atoms with Gasteiger partial charge < -0.3 is 13.1 Å². The first kappa shape index (κ1) is 24.3. The summed E-state index contributed by atoms with van der Waals surface area (Å²) in [6.45, 7) is 0. The average Bonchev–Trinajstić information content (AvgIpc) is 0.811. The zero-order valence-electron chi connectivity index (χ0n) is 5.24. The van der Waals surface area contributed by atoms with Gasteiger partial charge in [-0.3, -0.25) is 0 Å². The van der Waals surface area contributed by atoms with E-state index in [0.717, 1.165) is 0 Å². The molecule has 0 aromatic carbocycles. The molecule has 0 saturated heterocycles. The Kier molecular flexibility index (Phi) is 54.7. The Bertz CT molecular complexity index is 44.8. The van der Waals surface area contributed by atoms with E-state index < -0.39 is 6.16 Å². The molecule has 2 N–H and O–H groups in total. The second kappa shape index (κ2) is 15.7. The molecule has 0 rings (SSSR count). The van der Waals surface area contributed by atoms with E-state index in [0.29, 0.717) is 0 Å². The van der Waals surface area contributed by atoms with Crippen LogP contribution in [0.3, 0.4) is 0 Å². The van der Waals surface area contributed by atoms with Crippen LogP contribution in [0.5, 0.6) is 0 Å². The molecule has 0 spiro atoms. The summed E-state index contributed by atoms with van der Waals surface area (Å²) in [6, 6.07) is 0. The van der Waals surface area contributed by atoms with Crippen molar-refractivity contribution in [2.75, 3.05) is 0 Å². The topological polar surface area (TPSA) is 57.5 Å². The molecular formula is CH4FeMgMnO3. The Morgan fingerprint density at radius 1 is 1.43 bits per heavy atom. The Morgan fingerprint density at radius 2 is 1.43 bits per heavy atom. The summed E-state index contributed by atoms with van der Waals surface area (Å²) in [7, 11) is 0. The van der Waals surface area contributed by atoms with E-state index in [2.05, 4.69) is 0 Å². The standard InChI is InChI=1S/CH2O3.Fe.Mg.Mn.2H/c2-1(3)4;;;;;/h(H2,2,3,4);;;;;/q;;+2;;2*-1. The van der Waals surface area contributed by atoms with Gasteiger partial charge in [-0.15, -0.1) is 0 Å². The van der Waals surface area contributed by atoms with Gasteiger partial charge in [0.1, 0.15) is 0 Å². The number of hydrogen-bond acceptors (Lipinski definition) is 1. The minimum atomic E-state index is -1.83. The number of carbonyl (C=O) groups is 1. The van der Waals surface area contributed by atoms with Crippen molar-refractivity contribution in [3.8, 4) is 0 Å². The van der Waals surface area contributed by atoms with Crippen LogP contribution in [0.25, 0.3) is 0 Å². The minimum absolute atomic E-state index is 0. The molecule has 7 heavy (non-hydrogen) atoms. The van der Waals surface area contributed by atoms with E-state index in [1.165, 1.54) is 0 Å². The summed E-state index contributed by atoms with van der Waals surface area (Å²) in [4.78, 5) is 8.56. The zero-order valence-corrected chi connectivity index (χ0v) is 6.94. The van der Waals surface area contributed by atoms with Gasteiger partial charge in [-0.25, -0.2) is 4.79 Å². The van der Waals surface area contributed by atoms with Crippen molar-refractivity contribution in [1.29, 1.82) is 0 Å². The van der Waals surface area contributed by atoms with Crippen LogP contribution in [0.15, 0.2) is 0 Å². The van der Waals surface area contributed by atoms with Crippen molar-refractivity contribution in [1.82, 2.24) is 0 Å². The zero-order chi connectivity index (χ0) is 3.58. The van der Waals surface area contributed by atoms with Crippen LogP contribution < -0.4 is 0 Å². The van der Waals surface area contributed by atoms with Gasteiger partial charge in [0.05, 0.1) is 0 Å². The van der Waals surface area contributed by atoms with Gasteiger partial charge in [-0.2, -0.15) is 0 Å². The molecule has 43 valence electrons. The predicted molar refractivity (Wildman–Crippen MR) is 18.6 cm³/mol. The molecule has 3 nitrogen and oxygen atoms in total. The van der Waals surface area contributed by atoms with Crippen molar-refractivity contribution in [3.05, 3.63) is 0 Å². The van der Waals surface area contributed by atoms with Crippen LogP contribution in [-0.4, -0.2) is 39.4 Å². The summed E-state index contributed by atoms with van der Waals surface area (Å²) in [5.41, 5.74) is 0. The summed E-state index contributed by atoms with van der Waals surface area (Å²) in [5.74, 6) is 0. The third-order valence-electron chi connectivity index (χ3n) is 0. The SMILES string of the molecule is O=C(O)O.[Fe].[H-].[H-].[Mg+2].[Mn]. The first-order valence-corrected chi connectivity index (χ1v) is 0.651. The minimum Gasteiger partial charge on any atom is -1.00 e. The van der Waals surface area contributed by atoms with Crippen LogP contribution in [0.4, 0.5) is 4.79 Å². The van der Waals surface area contributed by atoms with Gasteiger partial charge in [-0.05, 0) is 0 Å². The van der Waals surface area contributed by atoms with Crippen LogP contribution >= 0.6 is 0 Å². The maximum atomic E-state index is 8.56. The van der Waals surface area contributed by atoms with Gasteiger partial charge in [0.15, 0.2) is 0 Å². The molecule has 0 aromatic heterocycles. The maximum Gasteiger partial charge on any atom is 2.00 e. The van der Waals surface area contributed by atoms with Crippen LogP contribution in [0.1, 0.15) is 2.85 Å². The molecule has 0 bridgehead atoms. The van der Waals surface area contributed by atoms with Gasteiger partial charge in [-0.1, -0.05) is 0 Å². The monoisotopic (exact) mass is 199 g/mol. The van der Waals surface area contributed by atoms with Crippen LogP contribution in [-0.2, 0) is 34.1 Å². The van der Waals surface area contributed by atoms with Gasteiger partial charge >= 0.3 is 29.2 Å². The predicted octanol–water partition coefficient (Wildman–Crippen LogP) is 0.0616. The molecule has 0 atom stereocenters.